The first-order valence-electron chi connectivity index (χ1n) is 8.87. The number of hydrogen-bond acceptors (Lipinski definition) is 9. The molecule has 0 aliphatic carbocycles. The van der Waals surface area contributed by atoms with Gasteiger partial charge in [-0.2, -0.15) is 0 Å². The fourth-order valence-corrected chi connectivity index (χ4v) is 4.90. The summed E-state index contributed by atoms with van der Waals surface area (Å²) in [6.45, 7) is 4.82. The van der Waals surface area contributed by atoms with Gasteiger partial charge in [0.2, 0.25) is 0 Å². The number of hydrogen-bond donors (Lipinski definition) is 2. The van der Waals surface area contributed by atoms with Crippen LogP contribution in [0.5, 0.6) is 0 Å². The number of halogens is 1. The standard InChI is InChI=1S/C19H20ClN3O6S/c1-8-11(12(23-29-8)9-6-4-5-7-10(9)20)15(24)21-13(17(25)26)16-22-14(18(27)28)19(2,3)30-16/h4-7,13-14,16,22H,1-3H3,(H,21,24)(H,25,26)(H,27,28)/p-2/t13-,14-,16+/m0/s1. The average molecular weight is 452 g/mol. The summed E-state index contributed by atoms with van der Waals surface area (Å²) < 4.78 is 4.30. The molecule has 3 atom stereocenters. The van der Waals surface area contributed by atoms with E-state index in [4.69, 9.17) is 16.1 Å². The van der Waals surface area contributed by atoms with E-state index in [1.54, 1.807) is 38.1 Å². The van der Waals surface area contributed by atoms with Crippen molar-refractivity contribution in [3.63, 3.8) is 0 Å². The molecule has 2 N–H and O–H groups in total. The Morgan fingerprint density at radius 2 is 2.03 bits per heavy atom. The van der Waals surface area contributed by atoms with Crippen LogP contribution in [-0.2, 0) is 9.59 Å². The second-order valence-corrected chi connectivity index (χ2v) is 9.42. The first kappa shape index (κ1) is 22.1. The highest BCUT2D eigenvalue weighted by molar-refractivity contribution is 8.01. The number of aliphatic carboxylic acids is 2. The molecule has 0 spiro atoms. The highest BCUT2D eigenvalue weighted by Gasteiger charge is 2.47. The molecular weight excluding hydrogens is 434 g/mol. The number of thioether (sulfide) groups is 1. The van der Waals surface area contributed by atoms with Crippen molar-refractivity contribution in [2.45, 2.75) is 43.0 Å². The number of aromatic nitrogens is 1. The van der Waals surface area contributed by atoms with Crippen LogP contribution < -0.4 is 15.5 Å². The Labute approximate surface area is 181 Å². The molecule has 9 nitrogen and oxygen atoms in total. The molecule has 1 fully saturated rings. The van der Waals surface area contributed by atoms with Crippen LogP contribution in [0.2, 0.25) is 5.02 Å². The van der Waals surface area contributed by atoms with Crippen LogP contribution in [-0.4, -0.2) is 50.3 Å². The zero-order valence-electron chi connectivity index (χ0n) is 16.2. The maximum Gasteiger partial charge on any atom is 0.322 e. The van der Waals surface area contributed by atoms with Crippen molar-refractivity contribution in [3.8, 4) is 11.3 Å². The lowest BCUT2D eigenvalue weighted by Gasteiger charge is -2.24. The van der Waals surface area contributed by atoms with E-state index < -0.39 is 40.0 Å². The molecule has 0 saturated carbocycles. The largest absolute Gasteiger partial charge is 0.858 e. The number of benzene rings is 1. The van der Waals surface area contributed by atoms with E-state index in [1.807, 2.05) is 0 Å². The van der Waals surface area contributed by atoms with Crippen molar-refractivity contribution < 1.29 is 29.4 Å². The quantitative estimate of drug-likeness (QED) is 0.470. The SMILES string of the molecule is Cc1onc(-c2ccccc2Cl)c1C([O-])=N[C@H](C(=O)[O-])[C@@H]1N[C@@H](C(=O)O)C(C)(C)S1. The highest BCUT2D eigenvalue weighted by atomic mass is 35.5. The third-order valence-electron chi connectivity index (χ3n) is 4.69. The van der Waals surface area contributed by atoms with Crippen LogP contribution in [0.25, 0.3) is 11.3 Å². The van der Waals surface area contributed by atoms with Crippen LogP contribution in [0, 0.1) is 6.92 Å². The number of carboxylic acid groups (broad SMARTS) is 2. The number of aryl methyl sites for hydroxylation is 1. The number of rotatable bonds is 6. The van der Waals surface area contributed by atoms with Crippen LogP contribution >= 0.6 is 23.4 Å². The minimum absolute atomic E-state index is 0.0219. The van der Waals surface area contributed by atoms with Crippen molar-refractivity contribution in [2.24, 2.45) is 4.99 Å². The van der Waals surface area contributed by atoms with Crippen molar-refractivity contribution in [3.05, 3.63) is 40.6 Å². The van der Waals surface area contributed by atoms with Crippen molar-refractivity contribution in [1.29, 1.82) is 0 Å². The predicted molar refractivity (Wildman–Crippen MR) is 107 cm³/mol. The Morgan fingerprint density at radius 1 is 1.37 bits per heavy atom. The summed E-state index contributed by atoms with van der Waals surface area (Å²) in [6, 6.07) is 4.02. The topological polar surface area (TPSA) is 151 Å². The Hall–Kier alpha value is -2.56. The maximum atomic E-state index is 12.9. The third-order valence-corrected chi connectivity index (χ3v) is 6.51. The molecule has 11 heteroatoms. The summed E-state index contributed by atoms with van der Waals surface area (Å²) in [6.07, 6.45) is 0. The summed E-state index contributed by atoms with van der Waals surface area (Å²) in [7, 11) is 0. The Balaban J connectivity index is 2.00. The molecule has 3 rings (SSSR count). The molecule has 1 aromatic carbocycles. The van der Waals surface area contributed by atoms with E-state index in [-0.39, 0.29) is 17.0 Å². The van der Waals surface area contributed by atoms with Crippen molar-refractivity contribution in [2.75, 3.05) is 0 Å². The number of carboxylic acids is 2. The molecule has 1 aliphatic heterocycles. The zero-order valence-corrected chi connectivity index (χ0v) is 17.8. The molecule has 0 radical (unpaired) electrons. The smallest absolute Gasteiger partial charge is 0.322 e. The van der Waals surface area contributed by atoms with Gasteiger partial charge in [0.05, 0.1) is 21.9 Å². The summed E-state index contributed by atoms with van der Waals surface area (Å²) in [5, 5.41) is 40.0. The molecule has 0 amide bonds. The van der Waals surface area contributed by atoms with E-state index >= 15 is 0 Å². The summed E-state index contributed by atoms with van der Waals surface area (Å²) in [4.78, 5) is 27.0. The Kier molecular flexibility index (Phi) is 6.11. The number of carbonyl (C=O) groups excluding carboxylic acids is 1. The van der Waals surface area contributed by atoms with E-state index in [2.05, 4.69) is 15.5 Å². The number of nitrogens with zero attached hydrogens (tertiary/aromatic N) is 2. The summed E-state index contributed by atoms with van der Waals surface area (Å²) in [5.74, 6) is -3.47. The minimum atomic E-state index is -1.63. The molecular formula is C19H18ClN3O6S-2. The average Bonchev–Trinajstić information content (AvgIpc) is 3.19. The second kappa shape index (κ2) is 8.29. The number of carbonyl (C=O) groups is 2. The molecule has 2 aromatic rings. The molecule has 1 aromatic heterocycles. The normalized spacial score (nSPS) is 22.1. The van der Waals surface area contributed by atoms with Crippen LogP contribution in [0.4, 0.5) is 0 Å². The third kappa shape index (κ3) is 4.16. The van der Waals surface area contributed by atoms with Gasteiger partial charge in [-0.1, -0.05) is 35.0 Å². The van der Waals surface area contributed by atoms with Crippen LogP contribution in [0.3, 0.4) is 0 Å². The lowest BCUT2D eigenvalue weighted by atomic mass is 10.0. The predicted octanol–water partition coefficient (Wildman–Crippen LogP) is 0.423. The first-order valence-corrected chi connectivity index (χ1v) is 10.1. The van der Waals surface area contributed by atoms with E-state index in [0.717, 1.165) is 11.8 Å². The zero-order chi connectivity index (χ0) is 22.2. The van der Waals surface area contributed by atoms with Gasteiger partial charge in [-0.25, -0.2) is 0 Å². The van der Waals surface area contributed by atoms with Gasteiger partial charge >= 0.3 is 5.97 Å². The van der Waals surface area contributed by atoms with Crippen LogP contribution in [0.1, 0.15) is 25.2 Å². The highest BCUT2D eigenvalue weighted by Crippen LogP contribution is 2.40. The monoisotopic (exact) mass is 451 g/mol. The van der Waals surface area contributed by atoms with E-state index in [9.17, 15) is 24.9 Å². The first-order chi connectivity index (χ1) is 14.0. The van der Waals surface area contributed by atoms with Gasteiger partial charge < -0.3 is 24.6 Å². The van der Waals surface area contributed by atoms with E-state index in [1.165, 1.54) is 6.92 Å². The lowest BCUT2D eigenvalue weighted by Crippen LogP contribution is -2.50. The van der Waals surface area contributed by atoms with Gasteiger partial charge in [0.15, 0.2) is 0 Å². The van der Waals surface area contributed by atoms with Gasteiger partial charge in [-0.3, -0.25) is 15.1 Å². The molecule has 0 bridgehead atoms. The summed E-state index contributed by atoms with van der Waals surface area (Å²) >= 11 is 7.25. The van der Waals surface area contributed by atoms with Crippen molar-refractivity contribution >= 4 is 41.2 Å². The van der Waals surface area contributed by atoms with E-state index in [0.29, 0.717) is 10.6 Å². The molecule has 1 saturated heterocycles. The lowest BCUT2D eigenvalue weighted by molar-refractivity contribution is -0.307. The fourth-order valence-electron chi connectivity index (χ4n) is 3.21. The van der Waals surface area contributed by atoms with Gasteiger partial charge in [-0.05, 0) is 32.7 Å². The molecule has 1 aliphatic rings. The molecule has 0 unspecified atom stereocenters. The van der Waals surface area contributed by atoms with Gasteiger partial charge in [0, 0.05) is 10.3 Å². The second-order valence-electron chi connectivity index (χ2n) is 7.22. The van der Waals surface area contributed by atoms with Crippen molar-refractivity contribution in [1.82, 2.24) is 10.5 Å². The minimum Gasteiger partial charge on any atom is -0.858 e. The van der Waals surface area contributed by atoms with Gasteiger partial charge in [0.25, 0.3) is 0 Å². The summed E-state index contributed by atoms with van der Waals surface area (Å²) in [5.41, 5.74) is 0.547. The van der Waals surface area contributed by atoms with Gasteiger partial charge in [-0.15, -0.1) is 11.8 Å². The Bertz CT molecular complexity index is 1020. The van der Waals surface area contributed by atoms with Crippen LogP contribution in [0.15, 0.2) is 33.8 Å². The maximum absolute atomic E-state index is 12.9. The number of aliphatic imine (C=N–C) groups is 1. The number of nitrogens with one attached hydrogen (secondary N) is 1. The molecule has 30 heavy (non-hydrogen) atoms. The fraction of sp³-hybridized carbons (Fsp3) is 0.368. The van der Waals surface area contributed by atoms with Gasteiger partial charge in [0.1, 0.15) is 23.5 Å². The molecule has 2 heterocycles. The Morgan fingerprint density at radius 3 is 2.60 bits per heavy atom. The molecule has 160 valence electrons.